The third-order valence-corrected chi connectivity index (χ3v) is 8.91. The van der Waals surface area contributed by atoms with Gasteiger partial charge in [0, 0.05) is 38.1 Å². The Morgan fingerprint density at radius 3 is 2.76 bits per heavy atom. The van der Waals surface area contributed by atoms with Crippen molar-refractivity contribution >= 4 is 58.2 Å². The standard InChI is InChI=1S/C27H28Cl2N6OS/c1-33-9-7-17(13-33)14-34-10-8-18-5-6-20(11-19(18)15-34)31-27-30-12-21-25(32-27)37-16-35(26(21)36)24-22(28)3-2-4-23(24)29/h2-6,11-12,17H,7-10,13-16H2,1H3,(H,30,31,32). The second-order valence-electron chi connectivity index (χ2n) is 10.00. The molecule has 3 aliphatic rings. The van der Waals surface area contributed by atoms with E-state index in [0.717, 1.165) is 37.7 Å². The van der Waals surface area contributed by atoms with E-state index in [4.69, 9.17) is 23.2 Å². The molecule has 10 heteroatoms. The predicted octanol–water partition coefficient (Wildman–Crippen LogP) is 5.55. The molecule has 1 atom stereocenters. The molecule has 1 unspecified atom stereocenters. The average Bonchev–Trinajstić information content (AvgIpc) is 3.29. The second-order valence-corrected chi connectivity index (χ2v) is 11.7. The maximum absolute atomic E-state index is 13.2. The van der Waals surface area contributed by atoms with Crippen LogP contribution in [0, 0.1) is 5.92 Å². The van der Waals surface area contributed by atoms with Crippen molar-refractivity contribution in [2.75, 3.05) is 49.3 Å². The summed E-state index contributed by atoms with van der Waals surface area (Å²) in [4.78, 5) is 28.9. The average molecular weight is 556 g/mol. The van der Waals surface area contributed by atoms with Crippen LogP contribution in [0.15, 0.2) is 47.6 Å². The molecule has 0 radical (unpaired) electrons. The summed E-state index contributed by atoms with van der Waals surface area (Å²) in [5.74, 6) is 1.40. The number of anilines is 3. The molecule has 192 valence electrons. The van der Waals surface area contributed by atoms with Gasteiger partial charge in [0.1, 0.15) is 5.03 Å². The fraction of sp³-hybridized carbons (Fsp3) is 0.370. The van der Waals surface area contributed by atoms with Gasteiger partial charge < -0.3 is 10.2 Å². The number of halogens is 2. The lowest BCUT2D eigenvalue weighted by Crippen LogP contribution is -2.35. The molecule has 7 nitrogen and oxygen atoms in total. The van der Waals surface area contributed by atoms with E-state index in [1.54, 1.807) is 29.3 Å². The smallest absolute Gasteiger partial charge is 0.263 e. The van der Waals surface area contributed by atoms with Crippen LogP contribution < -0.4 is 10.2 Å². The number of likely N-dealkylation sites (tertiary alicyclic amines) is 1. The van der Waals surface area contributed by atoms with Crippen LogP contribution in [0.1, 0.15) is 27.9 Å². The SMILES string of the molecule is CN1CCC(CN2CCc3ccc(Nc4ncc5c(n4)SCN(c4c(Cl)cccc4Cl)C5=O)cc3C2)C1. The third-order valence-electron chi connectivity index (χ3n) is 7.33. The molecule has 1 amide bonds. The molecule has 0 spiro atoms. The van der Waals surface area contributed by atoms with E-state index >= 15 is 0 Å². The first-order chi connectivity index (χ1) is 17.9. The zero-order chi connectivity index (χ0) is 25.5. The maximum Gasteiger partial charge on any atom is 0.263 e. The second kappa shape index (κ2) is 10.4. The highest BCUT2D eigenvalue weighted by atomic mass is 35.5. The van der Waals surface area contributed by atoms with Crippen molar-refractivity contribution < 1.29 is 4.79 Å². The lowest BCUT2D eigenvalue weighted by Gasteiger charge is -2.31. The topological polar surface area (TPSA) is 64.6 Å². The number of benzene rings is 2. The fourth-order valence-electron chi connectivity index (χ4n) is 5.44. The number of amides is 1. The molecule has 37 heavy (non-hydrogen) atoms. The summed E-state index contributed by atoms with van der Waals surface area (Å²) in [5, 5.41) is 4.86. The molecule has 0 bridgehead atoms. The van der Waals surface area contributed by atoms with E-state index in [-0.39, 0.29) is 5.91 Å². The van der Waals surface area contributed by atoms with Crippen molar-refractivity contribution in [2.24, 2.45) is 5.92 Å². The quantitative estimate of drug-likeness (QED) is 0.415. The zero-order valence-electron chi connectivity index (χ0n) is 20.6. The predicted molar refractivity (Wildman–Crippen MR) is 150 cm³/mol. The van der Waals surface area contributed by atoms with Gasteiger partial charge in [-0.2, -0.15) is 0 Å². The molecule has 1 fully saturated rings. The van der Waals surface area contributed by atoms with E-state index in [1.807, 2.05) is 0 Å². The molecule has 1 aromatic heterocycles. The van der Waals surface area contributed by atoms with Crippen molar-refractivity contribution in [3.63, 3.8) is 0 Å². The number of hydrogen-bond donors (Lipinski definition) is 1. The van der Waals surface area contributed by atoms with Gasteiger partial charge in [-0.25, -0.2) is 9.97 Å². The molecule has 1 N–H and O–H groups in total. The Labute approximate surface area is 231 Å². The summed E-state index contributed by atoms with van der Waals surface area (Å²) >= 11 is 14.2. The van der Waals surface area contributed by atoms with Crippen LogP contribution in [-0.2, 0) is 13.0 Å². The lowest BCUT2D eigenvalue weighted by atomic mass is 9.97. The molecule has 0 saturated carbocycles. The largest absolute Gasteiger partial charge is 0.324 e. The third kappa shape index (κ3) is 5.18. The minimum Gasteiger partial charge on any atom is -0.324 e. The molecular formula is C27H28Cl2N6OS. The van der Waals surface area contributed by atoms with Gasteiger partial charge in [-0.1, -0.05) is 47.1 Å². The van der Waals surface area contributed by atoms with Gasteiger partial charge in [0.15, 0.2) is 0 Å². The van der Waals surface area contributed by atoms with E-state index in [0.29, 0.717) is 38.1 Å². The molecule has 3 aliphatic heterocycles. The van der Waals surface area contributed by atoms with Crippen LogP contribution in [-0.4, -0.2) is 64.8 Å². The van der Waals surface area contributed by atoms with Gasteiger partial charge in [-0.15, -0.1) is 0 Å². The van der Waals surface area contributed by atoms with E-state index in [1.165, 1.54) is 42.4 Å². The normalized spacial score (nSPS) is 20.1. The van der Waals surface area contributed by atoms with E-state index < -0.39 is 0 Å². The molecular weight excluding hydrogens is 527 g/mol. The van der Waals surface area contributed by atoms with Crippen molar-refractivity contribution in [1.82, 2.24) is 19.8 Å². The summed E-state index contributed by atoms with van der Waals surface area (Å²) in [7, 11) is 2.21. The highest BCUT2D eigenvalue weighted by Gasteiger charge is 2.31. The van der Waals surface area contributed by atoms with Crippen LogP contribution in [0.4, 0.5) is 17.3 Å². The number of nitrogens with zero attached hydrogens (tertiary/aromatic N) is 5. The molecule has 4 heterocycles. The summed E-state index contributed by atoms with van der Waals surface area (Å²) in [6.07, 6.45) is 3.95. The van der Waals surface area contributed by atoms with Gasteiger partial charge in [0.05, 0.1) is 27.2 Å². The Morgan fingerprint density at radius 2 is 1.97 bits per heavy atom. The Kier molecular flexibility index (Phi) is 7.03. The number of hydrogen-bond acceptors (Lipinski definition) is 7. The molecule has 3 aromatic rings. The van der Waals surface area contributed by atoms with Crippen LogP contribution in [0.25, 0.3) is 0 Å². The van der Waals surface area contributed by atoms with Gasteiger partial charge in [-0.3, -0.25) is 14.6 Å². The van der Waals surface area contributed by atoms with Crippen molar-refractivity contribution in [1.29, 1.82) is 0 Å². The summed E-state index contributed by atoms with van der Waals surface area (Å²) in [6, 6.07) is 11.7. The zero-order valence-corrected chi connectivity index (χ0v) is 22.9. The summed E-state index contributed by atoms with van der Waals surface area (Å²) in [5.41, 5.74) is 4.68. The first kappa shape index (κ1) is 24.9. The first-order valence-corrected chi connectivity index (χ1v) is 14.2. The van der Waals surface area contributed by atoms with Crippen molar-refractivity contribution in [2.45, 2.75) is 24.4 Å². The first-order valence-electron chi connectivity index (χ1n) is 12.5. The minimum absolute atomic E-state index is 0.211. The van der Waals surface area contributed by atoms with Gasteiger partial charge in [0.2, 0.25) is 5.95 Å². The molecule has 0 aliphatic carbocycles. The van der Waals surface area contributed by atoms with Gasteiger partial charge in [0.25, 0.3) is 5.91 Å². The number of rotatable bonds is 5. The molecule has 2 aromatic carbocycles. The van der Waals surface area contributed by atoms with Crippen molar-refractivity contribution in [3.8, 4) is 0 Å². The maximum atomic E-state index is 13.2. The minimum atomic E-state index is -0.211. The molecule has 6 rings (SSSR count). The Balaban J connectivity index is 1.16. The van der Waals surface area contributed by atoms with Crippen LogP contribution in [0.2, 0.25) is 10.0 Å². The number of nitrogens with one attached hydrogen (secondary N) is 1. The van der Waals surface area contributed by atoms with Crippen molar-refractivity contribution in [3.05, 3.63) is 69.3 Å². The number of aromatic nitrogens is 2. The fourth-order valence-corrected chi connectivity index (χ4v) is 6.99. The van der Waals surface area contributed by atoms with Crippen LogP contribution in [0.3, 0.4) is 0 Å². The highest BCUT2D eigenvalue weighted by Crippen LogP contribution is 2.39. The summed E-state index contributed by atoms with van der Waals surface area (Å²) in [6.45, 7) is 5.66. The van der Waals surface area contributed by atoms with E-state index in [9.17, 15) is 4.79 Å². The number of carbonyl (C=O) groups is 1. The molecule has 1 saturated heterocycles. The highest BCUT2D eigenvalue weighted by molar-refractivity contribution is 7.99. The Morgan fingerprint density at radius 1 is 1.14 bits per heavy atom. The Bertz CT molecular complexity index is 1330. The summed E-state index contributed by atoms with van der Waals surface area (Å²) < 4.78 is 0. The number of thioether (sulfide) groups is 1. The van der Waals surface area contributed by atoms with Gasteiger partial charge in [-0.05, 0) is 67.7 Å². The van der Waals surface area contributed by atoms with E-state index in [2.05, 4.69) is 50.3 Å². The van der Waals surface area contributed by atoms with Crippen LogP contribution in [0.5, 0.6) is 0 Å². The van der Waals surface area contributed by atoms with Gasteiger partial charge >= 0.3 is 0 Å². The number of carbonyl (C=O) groups excluding carboxylic acids is 1. The number of para-hydroxylation sites is 1. The lowest BCUT2D eigenvalue weighted by molar-refractivity contribution is 0.0985. The number of fused-ring (bicyclic) bond motifs is 2. The Hall–Kier alpha value is -2.36. The monoisotopic (exact) mass is 554 g/mol. The van der Waals surface area contributed by atoms with Crippen LogP contribution >= 0.6 is 35.0 Å².